The van der Waals surface area contributed by atoms with Gasteiger partial charge in [0.2, 0.25) is 0 Å². The first kappa shape index (κ1) is 12.7. The summed E-state index contributed by atoms with van der Waals surface area (Å²) in [6.07, 6.45) is 0.966. The van der Waals surface area contributed by atoms with Crippen molar-refractivity contribution in [2.75, 3.05) is 6.54 Å². The molecule has 0 radical (unpaired) electrons. The summed E-state index contributed by atoms with van der Waals surface area (Å²) in [4.78, 5) is 0. The van der Waals surface area contributed by atoms with Gasteiger partial charge in [0, 0.05) is 29.4 Å². The van der Waals surface area contributed by atoms with Gasteiger partial charge in [0.1, 0.15) is 4.05 Å². The Balaban J connectivity index is 2.92. The number of nitrogens with two attached hydrogens (primary N) is 1. The average molecular weight is 519 g/mol. The fraction of sp³-hybridized carbons (Fsp3) is 0.714. The second-order valence-corrected chi connectivity index (χ2v) is 6.09. The van der Waals surface area contributed by atoms with Gasteiger partial charge in [-0.2, -0.15) is 0 Å². The quantitative estimate of drug-likeness (QED) is 0.232. The summed E-state index contributed by atoms with van der Waals surface area (Å²) in [6.45, 7) is 2.99. The summed E-state index contributed by atoms with van der Waals surface area (Å²) in [5.41, 5.74) is 7.46. The van der Waals surface area contributed by atoms with Gasteiger partial charge in [-0.05, 0) is 34.6 Å². The summed E-state index contributed by atoms with van der Waals surface area (Å²) in [6, 6.07) is 0. The minimum atomic E-state index is -0.185. The highest BCUT2D eigenvalue weighted by Crippen LogP contribution is 2.36. The van der Waals surface area contributed by atoms with E-state index in [-0.39, 0.29) is 5.54 Å². The Morgan fingerprint density at radius 3 is 2.77 bits per heavy atom. The number of halogens is 3. The molecule has 0 saturated carbocycles. The summed E-state index contributed by atoms with van der Waals surface area (Å²) in [5, 5.41) is 3.38. The van der Waals surface area contributed by atoms with E-state index in [0.717, 1.165) is 13.0 Å². The first-order valence-electron chi connectivity index (χ1n) is 3.98. The Labute approximate surface area is 120 Å². The molecule has 1 aliphatic heterocycles. The van der Waals surface area contributed by atoms with Gasteiger partial charge in [-0.15, -0.1) is 0 Å². The van der Waals surface area contributed by atoms with Gasteiger partial charge in [-0.1, -0.05) is 29.5 Å². The van der Waals surface area contributed by atoms with Crippen LogP contribution in [0.15, 0.2) is 9.28 Å². The third kappa shape index (κ3) is 2.42. The Morgan fingerprint density at radius 2 is 2.31 bits per heavy atom. The van der Waals surface area contributed by atoms with Gasteiger partial charge in [0.15, 0.2) is 0 Å². The zero-order valence-corrected chi connectivity index (χ0v) is 13.7. The van der Waals surface area contributed by atoms with Crippen molar-refractivity contribution in [2.45, 2.75) is 22.9 Å². The van der Waals surface area contributed by atoms with E-state index in [2.05, 4.69) is 83.8 Å². The standard InChI is InChI=1S/C7H12I3N3/c1-2-7(11)4(3-12-10)5(8)13-6(7)9/h6,12-13H,2-3,11H2,1H3. The van der Waals surface area contributed by atoms with E-state index in [0.29, 0.717) is 4.05 Å². The lowest BCUT2D eigenvalue weighted by Gasteiger charge is -2.29. The Kier molecular flexibility index (Phi) is 5.01. The molecule has 0 spiro atoms. The minimum Gasteiger partial charge on any atom is -0.366 e. The lowest BCUT2D eigenvalue weighted by molar-refractivity contribution is 0.478. The molecule has 0 aromatic heterocycles. The van der Waals surface area contributed by atoms with Crippen molar-refractivity contribution in [3.63, 3.8) is 0 Å². The van der Waals surface area contributed by atoms with Crippen LogP contribution in [-0.4, -0.2) is 16.1 Å². The molecule has 6 heteroatoms. The smallest absolute Gasteiger partial charge is 0.101 e. The second-order valence-electron chi connectivity index (χ2n) is 3.00. The Bertz CT molecular complexity index is 231. The van der Waals surface area contributed by atoms with Crippen molar-refractivity contribution in [3.8, 4) is 0 Å². The predicted octanol–water partition coefficient (Wildman–Crippen LogP) is 2.04. The van der Waals surface area contributed by atoms with E-state index in [1.807, 2.05) is 0 Å². The fourth-order valence-corrected chi connectivity index (χ4v) is 4.50. The van der Waals surface area contributed by atoms with E-state index in [1.54, 1.807) is 0 Å². The van der Waals surface area contributed by atoms with Crippen molar-refractivity contribution in [2.24, 2.45) is 5.73 Å². The van der Waals surface area contributed by atoms with Crippen molar-refractivity contribution in [1.29, 1.82) is 0 Å². The Morgan fingerprint density at radius 1 is 1.69 bits per heavy atom. The maximum Gasteiger partial charge on any atom is 0.101 e. The van der Waals surface area contributed by atoms with Crippen molar-refractivity contribution < 1.29 is 0 Å². The van der Waals surface area contributed by atoms with Crippen LogP contribution in [0.4, 0.5) is 0 Å². The van der Waals surface area contributed by atoms with E-state index in [9.17, 15) is 0 Å². The molecule has 2 unspecified atom stereocenters. The van der Waals surface area contributed by atoms with Crippen LogP contribution < -0.4 is 14.6 Å². The van der Waals surface area contributed by atoms with Gasteiger partial charge in [0.25, 0.3) is 0 Å². The maximum atomic E-state index is 6.35. The zero-order valence-electron chi connectivity index (χ0n) is 7.20. The molecule has 0 aromatic carbocycles. The Hall–Kier alpha value is 1.65. The number of hydrogen-bond acceptors (Lipinski definition) is 3. The molecule has 0 amide bonds. The summed E-state index contributed by atoms with van der Waals surface area (Å²) < 4.78 is 4.64. The second kappa shape index (κ2) is 5.12. The van der Waals surface area contributed by atoms with Crippen LogP contribution in [-0.2, 0) is 0 Å². The highest BCUT2D eigenvalue weighted by Gasteiger charge is 2.41. The highest BCUT2D eigenvalue weighted by atomic mass is 127. The first-order chi connectivity index (χ1) is 6.06. The molecule has 3 nitrogen and oxygen atoms in total. The van der Waals surface area contributed by atoms with Crippen LogP contribution in [0.2, 0.25) is 0 Å². The molecular weight excluding hydrogens is 507 g/mol. The van der Waals surface area contributed by atoms with Crippen LogP contribution in [0.1, 0.15) is 13.3 Å². The van der Waals surface area contributed by atoms with Crippen molar-refractivity contribution >= 4 is 68.0 Å². The van der Waals surface area contributed by atoms with E-state index >= 15 is 0 Å². The van der Waals surface area contributed by atoms with Crippen LogP contribution in [0.5, 0.6) is 0 Å². The fourth-order valence-electron chi connectivity index (χ4n) is 1.39. The maximum absolute atomic E-state index is 6.35. The third-order valence-electron chi connectivity index (χ3n) is 2.36. The third-order valence-corrected chi connectivity index (χ3v) is 5.13. The molecule has 76 valence electrons. The minimum absolute atomic E-state index is 0.185. The molecule has 4 N–H and O–H groups in total. The largest absolute Gasteiger partial charge is 0.366 e. The van der Waals surface area contributed by atoms with Crippen LogP contribution in [0, 0.1) is 0 Å². The van der Waals surface area contributed by atoms with Gasteiger partial charge in [-0.25, -0.2) is 0 Å². The molecular formula is C7H12I3N3. The van der Waals surface area contributed by atoms with Crippen molar-refractivity contribution in [3.05, 3.63) is 9.28 Å². The highest BCUT2D eigenvalue weighted by molar-refractivity contribution is 14.1. The van der Waals surface area contributed by atoms with Gasteiger partial charge < -0.3 is 11.1 Å². The lowest BCUT2D eigenvalue weighted by Crippen LogP contribution is -2.50. The number of hydrogen-bond donors (Lipinski definition) is 3. The number of nitrogens with one attached hydrogen (secondary N) is 2. The van der Waals surface area contributed by atoms with Crippen LogP contribution in [0.25, 0.3) is 0 Å². The molecule has 0 bridgehead atoms. The molecule has 13 heavy (non-hydrogen) atoms. The molecule has 0 aliphatic carbocycles. The molecule has 1 rings (SSSR count). The molecule has 1 heterocycles. The summed E-state index contributed by atoms with van der Waals surface area (Å²) in [5.74, 6) is 0. The average Bonchev–Trinajstić information content (AvgIpc) is 2.31. The van der Waals surface area contributed by atoms with Crippen LogP contribution >= 0.6 is 68.0 Å². The molecule has 0 aromatic rings. The van der Waals surface area contributed by atoms with Crippen molar-refractivity contribution in [1.82, 2.24) is 8.85 Å². The monoisotopic (exact) mass is 519 g/mol. The molecule has 2 atom stereocenters. The summed E-state index contributed by atoms with van der Waals surface area (Å²) >= 11 is 6.84. The first-order valence-corrected chi connectivity index (χ1v) is 7.38. The molecule has 1 aliphatic rings. The zero-order chi connectivity index (χ0) is 10.1. The topological polar surface area (TPSA) is 50.1 Å². The van der Waals surface area contributed by atoms with Gasteiger partial charge in [0.05, 0.1) is 9.24 Å². The van der Waals surface area contributed by atoms with Gasteiger partial charge >= 0.3 is 0 Å². The molecule has 0 saturated heterocycles. The predicted molar refractivity (Wildman–Crippen MR) is 81.2 cm³/mol. The number of alkyl halides is 1. The van der Waals surface area contributed by atoms with Crippen LogP contribution in [0.3, 0.4) is 0 Å². The van der Waals surface area contributed by atoms with E-state index in [4.69, 9.17) is 5.73 Å². The SMILES string of the molecule is CCC1(N)C(CNI)=C(I)NC1I. The lowest BCUT2D eigenvalue weighted by atomic mass is 9.91. The normalized spacial score (nSPS) is 33.8. The molecule has 0 fully saturated rings. The van der Waals surface area contributed by atoms with E-state index < -0.39 is 0 Å². The number of rotatable bonds is 3. The van der Waals surface area contributed by atoms with E-state index in [1.165, 1.54) is 9.28 Å². The summed E-state index contributed by atoms with van der Waals surface area (Å²) in [7, 11) is 0. The van der Waals surface area contributed by atoms with Gasteiger partial charge in [-0.3, -0.25) is 3.53 Å².